The van der Waals surface area contributed by atoms with Gasteiger partial charge < -0.3 is 19.8 Å². The zero-order valence-corrected chi connectivity index (χ0v) is 23.6. The van der Waals surface area contributed by atoms with Gasteiger partial charge in [-0.2, -0.15) is 26.3 Å². The molecule has 240 valence electrons. The van der Waals surface area contributed by atoms with Crippen molar-refractivity contribution < 1.29 is 59.3 Å². The molecule has 0 amide bonds. The number of carboxylic acids is 2. The first-order chi connectivity index (χ1) is 19.4. The van der Waals surface area contributed by atoms with Crippen LogP contribution in [-0.2, 0) is 30.9 Å². The smallest absolute Gasteiger partial charge is 0.475 e. The van der Waals surface area contributed by atoms with Crippen LogP contribution in [0.5, 0.6) is 0 Å². The molecule has 0 unspecified atom stereocenters. The minimum atomic E-state index is -5.08. The summed E-state index contributed by atoms with van der Waals surface area (Å²) in [5.41, 5.74) is 1.67. The number of aliphatic carboxylic acids is 2. The highest BCUT2D eigenvalue weighted by atomic mass is 32.2. The van der Waals surface area contributed by atoms with Crippen LogP contribution >= 0.6 is 0 Å². The molecule has 1 aromatic heterocycles. The summed E-state index contributed by atoms with van der Waals surface area (Å²) < 4.78 is 95.2. The number of piperidine rings is 1. The lowest BCUT2D eigenvalue weighted by Gasteiger charge is -2.52. The SMILES string of the molecule is CCS(=O)(=O)NC1CC2(CCN(Cc3ccnc(N4CCOCC4)c3)CC2)C1.O=C(O)C(F)(F)F.O=C(O)C(F)(F)F. The lowest BCUT2D eigenvalue weighted by Crippen LogP contribution is -2.54. The van der Waals surface area contributed by atoms with E-state index in [-0.39, 0.29) is 11.8 Å². The molecule has 2 aliphatic heterocycles. The van der Waals surface area contributed by atoms with Gasteiger partial charge in [0.2, 0.25) is 10.0 Å². The molecule has 3 N–H and O–H groups in total. The Balaban J connectivity index is 0.000000367. The number of carbonyl (C=O) groups is 2. The number of sulfonamides is 1. The Morgan fingerprint density at radius 2 is 1.52 bits per heavy atom. The molecule has 0 bridgehead atoms. The highest BCUT2D eigenvalue weighted by Gasteiger charge is 2.46. The van der Waals surface area contributed by atoms with Gasteiger partial charge in [0.15, 0.2) is 0 Å². The Bertz CT molecular complexity index is 1120. The number of anilines is 1. The van der Waals surface area contributed by atoms with Gasteiger partial charge in [0.05, 0.1) is 19.0 Å². The monoisotopic (exact) mass is 636 g/mol. The first-order valence-corrected chi connectivity index (χ1v) is 14.6. The summed E-state index contributed by atoms with van der Waals surface area (Å²) in [5.74, 6) is -4.29. The van der Waals surface area contributed by atoms with Crippen LogP contribution in [0.15, 0.2) is 18.3 Å². The van der Waals surface area contributed by atoms with Gasteiger partial charge in [-0.15, -0.1) is 0 Å². The minimum Gasteiger partial charge on any atom is -0.475 e. The molecule has 0 atom stereocenters. The number of hydrogen-bond donors (Lipinski definition) is 3. The van der Waals surface area contributed by atoms with Crippen LogP contribution in [0.2, 0.25) is 0 Å². The third kappa shape index (κ3) is 11.5. The van der Waals surface area contributed by atoms with Gasteiger partial charge in [0.25, 0.3) is 0 Å². The molecular weight excluding hydrogens is 602 g/mol. The number of nitrogens with one attached hydrogen (secondary N) is 1. The third-order valence-corrected chi connectivity index (χ3v) is 8.49. The second-order valence-electron chi connectivity index (χ2n) is 10.1. The van der Waals surface area contributed by atoms with Crippen molar-refractivity contribution in [3.05, 3.63) is 23.9 Å². The van der Waals surface area contributed by atoms with Gasteiger partial charge in [-0.25, -0.2) is 27.7 Å². The number of nitrogens with zero attached hydrogens (tertiary/aromatic N) is 3. The van der Waals surface area contributed by atoms with Crippen molar-refractivity contribution in [1.82, 2.24) is 14.6 Å². The van der Waals surface area contributed by atoms with Crippen molar-refractivity contribution in [1.29, 1.82) is 0 Å². The van der Waals surface area contributed by atoms with Crippen molar-refractivity contribution in [3.63, 3.8) is 0 Å². The zero-order chi connectivity index (χ0) is 31.8. The van der Waals surface area contributed by atoms with Crippen molar-refractivity contribution in [2.45, 2.75) is 57.5 Å². The number of ether oxygens (including phenoxy) is 1. The molecule has 4 rings (SSSR count). The lowest BCUT2D eigenvalue weighted by atomic mass is 9.60. The standard InChI is InChI=1S/C20H32N4O3S.2C2HF3O2/c1-2-28(25,26)22-18-14-20(15-18)4-7-23(8-5-20)16-17-3-6-21-19(13-17)24-9-11-27-12-10-24;2*3-2(4,5)1(6)7/h3,6,13,18,22H,2,4-5,7-12,14-16H2,1H3;2*(H,6,7). The summed E-state index contributed by atoms with van der Waals surface area (Å²) in [6, 6.07) is 4.48. The summed E-state index contributed by atoms with van der Waals surface area (Å²) in [4.78, 5) is 27.2. The third-order valence-electron chi connectivity index (χ3n) is 7.04. The second-order valence-corrected chi connectivity index (χ2v) is 12.2. The van der Waals surface area contributed by atoms with Crippen LogP contribution < -0.4 is 9.62 Å². The van der Waals surface area contributed by atoms with E-state index < -0.39 is 34.3 Å². The second kappa shape index (κ2) is 14.7. The fourth-order valence-electron chi connectivity index (χ4n) is 4.78. The largest absolute Gasteiger partial charge is 0.490 e. The van der Waals surface area contributed by atoms with Gasteiger partial charge in [-0.3, -0.25) is 4.90 Å². The molecule has 2 saturated heterocycles. The van der Waals surface area contributed by atoms with E-state index in [1.165, 1.54) is 18.4 Å². The Morgan fingerprint density at radius 1 is 1.02 bits per heavy atom. The summed E-state index contributed by atoms with van der Waals surface area (Å²) >= 11 is 0. The molecule has 1 aromatic rings. The quantitative estimate of drug-likeness (QED) is 0.398. The maximum atomic E-state index is 11.7. The number of hydrogen-bond acceptors (Lipinski definition) is 8. The molecule has 3 fully saturated rings. The van der Waals surface area contributed by atoms with Crippen LogP contribution in [0.4, 0.5) is 32.2 Å². The number of aromatic nitrogens is 1. The molecule has 3 aliphatic rings. The average molecular weight is 637 g/mol. The van der Waals surface area contributed by atoms with Crippen LogP contribution in [0.3, 0.4) is 0 Å². The van der Waals surface area contributed by atoms with E-state index >= 15 is 0 Å². The predicted molar refractivity (Wildman–Crippen MR) is 137 cm³/mol. The number of alkyl halides is 6. The van der Waals surface area contributed by atoms with Crippen molar-refractivity contribution >= 4 is 27.8 Å². The molecule has 11 nitrogen and oxygen atoms in total. The molecule has 3 heterocycles. The maximum Gasteiger partial charge on any atom is 0.490 e. The Morgan fingerprint density at radius 3 is 1.98 bits per heavy atom. The fraction of sp³-hybridized carbons (Fsp3) is 0.708. The van der Waals surface area contributed by atoms with Gasteiger partial charge >= 0.3 is 24.3 Å². The van der Waals surface area contributed by atoms with Crippen LogP contribution in [0.25, 0.3) is 0 Å². The summed E-state index contributed by atoms with van der Waals surface area (Å²) in [7, 11) is -3.08. The number of rotatable bonds is 6. The molecule has 0 aromatic carbocycles. The number of carboxylic acid groups (broad SMARTS) is 2. The van der Waals surface area contributed by atoms with Gasteiger partial charge in [0, 0.05) is 31.9 Å². The van der Waals surface area contributed by atoms with Crippen molar-refractivity contribution in [2.24, 2.45) is 5.41 Å². The fourth-order valence-corrected chi connectivity index (χ4v) is 5.62. The summed E-state index contributed by atoms with van der Waals surface area (Å²) in [5, 5.41) is 14.2. The molecular formula is C24H34F6N4O7S. The van der Waals surface area contributed by atoms with Gasteiger partial charge in [-0.05, 0) is 68.8 Å². The minimum absolute atomic E-state index is 0.146. The predicted octanol–water partition coefficient (Wildman–Crippen LogP) is 2.87. The average Bonchev–Trinajstić information content (AvgIpc) is 2.89. The van der Waals surface area contributed by atoms with E-state index in [1.54, 1.807) is 6.92 Å². The van der Waals surface area contributed by atoms with Gasteiger partial charge in [0.1, 0.15) is 5.82 Å². The topological polar surface area (TPSA) is 149 Å². The highest BCUT2D eigenvalue weighted by Crippen LogP contribution is 2.49. The molecule has 18 heteroatoms. The van der Waals surface area contributed by atoms with Crippen LogP contribution in [-0.4, -0.2) is 104 Å². The molecule has 1 spiro atoms. The Labute approximate surface area is 238 Å². The van der Waals surface area contributed by atoms with E-state index in [0.717, 1.165) is 64.6 Å². The Hall–Kier alpha value is -2.70. The lowest BCUT2D eigenvalue weighted by molar-refractivity contribution is -0.193. The van der Waals surface area contributed by atoms with E-state index in [9.17, 15) is 34.8 Å². The maximum absolute atomic E-state index is 11.7. The number of morpholine rings is 1. The van der Waals surface area contributed by atoms with E-state index in [1.807, 2.05) is 6.20 Å². The first kappa shape index (κ1) is 35.5. The number of likely N-dealkylation sites (tertiary alicyclic amines) is 1. The van der Waals surface area contributed by atoms with E-state index in [4.69, 9.17) is 24.5 Å². The van der Waals surface area contributed by atoms with Crippen LogP contribution in [0, 0.1) is 5.41 Å². The normalized spacial score (nSPS) is 19.5. The van der Waals surface area contributed by atoms with Gasteiger partial charge in [-0.1, -0.05) is 0 Å². The highest BCUT2D eigenvalue weighted by molar-refractivity contribution is 7.89. The number of pyridine rings is 1. The molecule has 0 radical (unpaired) electrons. The molecule has 1 aliphatic carbocycles. The zero-order valence-electron chi connectivity index (χ0n) is 22.7. The Kier molecular flexibility index (Phi) is 12.4. The molecule has 1 saturated carbocycles. The summed E-state index contributed by atoms with van der Waals surface area (Å²) in [6.07, 6.45) is -3.92. The van der Waals surface area contributed by atoms with Crippen LogP contribution in [0.1, 0.15) is 38.2 Å². The van der Waals surface area contributed by atoms with E-state index in [0.29, 0.717) is 5.41 Å². The van der Waals surface area contributed by atoms with E-state index in [2.05, 4.69) is 31.6 Å². The summed E-state index contributed by atoms with van der Waals surface area (Å²) in [6.45, 7) is 8.19. The van der Waals surface area contributed by atoms with Crippen molar-refractivity contribution in [3.8, 4) is 0 Å². The number of halogens is 6. The first-order valence-electron chi connectivity index (χ1n) is 13.0. The molecule has 42 heavy (non-hydrogen) atoms. The van der Waals surface area contributed by atoms with Crippen molar-refractivity contribution in [2.75, 3.05) is 50.0 Å².